The molecule has 2 rings (SSSR count). The lowest BCUT2D eigenvalue weighted by atomic mass is 10.1. The average molecular weight is 311 g/mol. The van der Waals surface area contributed by atoms with Crippen molar-refractivity contribution in [1.29, 1.82) is 0 Å². The minimum Gasteiger partial charge on any atom is -0.493 e. The van der Waals surface area contributed by atoms with Crippen molar-refractivity contribution in [3.05, 3.63) is 64.7 Å². The summed E-state index contributed by atoms with van der Waals surface area (Å²) in [7, 11) is 3.33. The first-order valence-electron chi connectivity index (χ1n) is 7.81. The molecule has 0 aliphatic heterocycles. The molecule has 0 saturated heterocycles. The van der Waals surface area contributed by atoms with Gasteiger partial charge in [0.25, 0.3) is 0 Å². The van der Waals surface area contributed by atoms with E-state index in [9.17, 15) is 0 Å². The zero-order valence-electron chi connectivity index (χ0n) is 14.3. The SMILES string of the molecule is C/C=C/c1ccc(CNCc2cc(C)c(OC)c(OC)c2)cc1. The Morgan fingerprint density at radius 2 is 1.65 bits per heavy atom. The van der Waals surface area contributed by atoms with E-state index in [1.165, 1.54) is 16.7 Å². The Bertz CT molecular complexity index is 660. The molecule has 0 aromatic heterocycles. The molecule has 0 spiro atoms. The Kier molecular flexibility index (Phi) is 6.24. The highest BCUT2D eigenvalue weighted by atomic mass is 16.5. The smallest absolute Gasteiger partial charge is 0.163 e. The molecular formula is C20H25NO2. The van der Waals surface area contributed by atoms with Crippen molar-refractivity contribution in [3.8, 4) is 11.5 Å². The standard InChI is InChI=1S/C20H25NO2/c1-5-6-16-7-9-17(10-8-16)13-21-14-18-11-15(2)20(23-4)19(12-18)22-3/h5-12,21H,13-14H2,1-4H3/b6-5+. The van der Waals surface area contributed by atoms with E-state index in [1.54, 1.807) is 14.2 Å². The number of hydrogen-bond acceptors (Lipinski definition) is 3. The van der Waals surface area contributed by atoms with Gasteiger partial charge in [-0.1, -0.05) is 42.5 Å². The summed E-state index contributed by atoms with van der Waals surface area (Å²) in [6.07, 6.45) is 4.15. The van der Waals surface area contributed by atoms with Gasteiger partial charge >= 0.3 is 0 Å². The number of rotatable bonds is 7. The highest BCUT2D eigenvalue weighted by Crippen LogP contribution is 2.31. The molecule has 0 atom stereocenters. The second kappa shape index (κ2) is 8.39. The van der Waals surface area contributed by atoms with Gasteiger partial charge in [-0.15, -0.1) is 0 Å². The zero-order valence-corrected chi connectivity index (χ0v) is 14.3. The number of hydrogen-bond donors (Lipinski definition) is 1. The van der Waals surface area contributed by atoms with E-state index >= 15 is 0 Å². The molecule has 0 radical (unpaired) electrons. The van der Waals surface area contributed by atoms with Crippen LogP contribution in [0.1, 0.15) is 29.2 Å². The summed E-state index contributed by atoms with van der Waals surface area (Å²) in [5, 5.41) is 3.47. The van der Waals surface area contributed by atoms with E-state index in [4.69, 9.17) is 9.47 Å². The molecule has 1 N–H and O–H groups in total. The van der Waals surface area contributed by atoms with Crippen molar-refractivity contribution in [1.82, 2.24) is 5.32 Å². The van der Waals surface area contributed by atoms with Crippen molar-refractivity contribution in [2.75, 3.05) is 14.2 Å². The van der Waals surface area contributed by atoms with E-state index in [0.717, 1.165) is 30.2 Å². The predicted octanol–water partition coefficient (Wildman–Crippen LogP) is 4.34. The minimum absolute atomic E-state index is 0.778. The molecule has 0 aliphatic rings. The maximum atomic E-state index is 5.40. The lowest BCUT2D eigenvalue weighted by Gasteiger charge is -2.13. The molecular weight excluding hydrogens is 286 g/mol. The van der Waals surface area contributed by atoms with Crippen LogP contribution in [0.4, 0.5) is 0 Å². The van der Waals surface area contributed by atoms with Crippen molar-refractivity contribution in [3.63, 3.8) is 0 Å². The molecule has 0 aliphatic carbocycles. The van der Waals surface area contributed by atoms with Crippen LogP contribution in [-0.2, 0) is 13.1 Å². The van der Waals surface area contributed by atoms with Gasteiger partial charge in [0.2, 0.25) is 0 Å². The average Bonchev–Trinajstić information content (AvgIpc) is 2.56. The maximum absolute atomic E-state index is 5.40. The largest absolute Gasteiger partial charge is 0.493 e. The molecule has 23 heavy (non-hydrogen) atoms. The summed E-state index contributed by atoms with van der Waals surface area (Å²) in [5.74, 6) is 1.58. The quantitative estimate of drug-likeness (QED) is 0.825. The third-order valence-corrected chi connectivity index (χ3v) is 3.72. The topological polar surface area (TPSA) is 30.5 Å². The van der Waals surface area contributed by atoms with E-state index in [0.29, 0.717) is 0 Å². The molecule has 2 aromatic carbocycles. The third-order valence-electron chi connectivity index (χ3n) is 3.72. The van der Waals surface area contributed by atoms with Gasteiger partial charge in [-0.2, -0.15) is 0 Å². The Morgan fingerprint density at radius 3 is 2.26 bits per heavy atom. The van der Waals surface area contributed by atoms with Crippen LogP contribution in [0.3, 0.4) is 0 Å². The van der Waals surface area contributed by atoms with Crippen molar-refractivity contribution in [2.45, 2.75) is 26.9 Å². The molecule has 0 amide bonds. The molecule has 0 unspecified atom stereocenters. The van der Waals surface area contributed by atoms with Crippen molar-refractivity contribution in [2.24, 2.45) is 0 Å². The summed E-state index contributed by atoms with van der Waals surface area (Å²) in [4.78, 5) is 0. The van der Waals surface area contributed by atoms with Gasteiger partial charge in [0, 0.05) is 13.1 Å². The highest BCUT2D eigenvalue weighted by Gasteiger charge is 2.09. The molecule has 3 nitrogen and oxygen atoms in total. The summed E-state index contributed by atoms with van der Waals surface area (Å²) in [6, 6.07) is 12.7. The van der Waals surface area contributed by atoms with Crippen LogP contribution >= 0.6 is 0 Å². The van der Waals surface area contributed by atoms with Crippen LogP contribution < -0.4 is 14.8 Å². The Hall–Kier alpha value is -2.26. The van der Waals surface area contributed by atoms with E-state index in [2.05, 4.69) is 41.7 Å². The molecule has 3 heteroatoms. The summed E-state index contributed by atoms with van der Waals surface area (Å²) in [5.41, 5.74) is 4.77. The zero-order chi connectivity index (χ0) is 16.7. The number of allylic oxidation sites excluding steroid dienone is 1. The Labute approximate surface area is 138 Å². The van der Waals surface area contributed by atoms with Crippen LogP contribution in [0.2, 0.25) is 0 Å². The summed E-state index contributed by atoms with van der Waals surface area (Å²) in [6.45, 7) is 5.69. The number of nitrogens with one attached hydrogen (secondary N) is 1. The van der Waals surface area contributed by atoms with Crippen molar-refractivity contribution < 1.29 is 9.47 Å². The Balaban J connectivity index is 1.97. The molecule has 0 fully saturated rings. The number of benzene rings is 2. The molecule has 0 saturated carbocycles. The van der Waals surface area contributed by atoms with Crippen molar-refractivity contribution >= 4 is 6.08 Å². The van der Waals surface area contributed by atoms with E-state index in [1.807, 2.05) is 26.0 Å². The molecule has 0 bridgehead atoms. The molecule has 122 valence electrons. The van der Waals surface area contributed by atoms with Gasteiger partial charge in [-0.05, 0) is 42.2 Å². The number of aryl methyl sites for hydroxylation is 1. The van der Waals surface area contributed by atoms with Gasteiger partial charge in [0.1, 0.15) is 0 Å². The number of methoxy groups -OCH3 is 2. The van der Waals surface area contributed by atoms with Gasteiger partial charge < -0.3 is 14.8 Å². The first-order valence-corrected chi connectivity index (χ1v) is 7.81. The normalized spacial score (nSPS) is 11.0. The number of ether oxygens (including phenoxy) is 2. The summed E-state index contributed by atoms with van der Waals surface area (Å²) >= 11 is 0. The van der Waals surface area contributed by atoms with Crippen LogP contribution in [0, 0.1) is 6.92 Å². The monoisotopic (exact) mass is 311 g/mol. The fourth-order valence-corrected chi connectivity index (χ4v) is 2.62. The highest BCUT2D eigenvalue weighted by molar-refractivity contribution is 5.50. The third kappa shape index (κ3) is 4.60. The van der Waals surface area contributed by atoms with E-state index < -0.39 is 0 Å². The minimum atomic E-state index is 0.778. The van der Waals surface area contributed by atoms with Crippen LogP contribution in [0.5, 0.6) is 11.5 Å². The fraction of sp³-hybridized carbons (Fsp3) is 0.300. The van der Waals surface area contributed by atoms with Gasteiger partial charge in [0.05, 0.1) is 14.2 Å². The molecule has 0 heterocycles. The Morgan fingerprint density at radius 1 is 0.957 bits per heavy atom. The van der Waals surface area contributed by atoms with Gasteiger partial charge in [-0.25, -0.2) is 0 Å². The predicted molar refractivity (Wildman–Crippen MR) is 96.0 cm³/mol. The second-order valence-electron chi connectivity index (χ2n) is 5.49. The van der Waals surface area contributed by atoms with Crippen LogP contribution in [0.25, 0.3) is 6.08 Å². The lowest BCUT2D eigenvalue weighted by molar-refractivity contribution is 0.352. The van der Waals surface area contributed by atoms with Crippen LogP contribution in [0.15, 0.2) is 42.5 Å². The van der Waals surface area contributed by atoms with Crippen LogP contribution in [-0.4, -0.2) is 14.2 Å². The summed E-state index contributed by atoms with van der Waals surface area (Å²) < 4.78 is 10.8. The second-order valence-corrected chi connectivity index (χ2v) is 5.49. The lowest BCUT2D eigenvalue weighted by Crippen LogP contribution is -2.13. The van der Waals surface area contributed by atoms with Gasteiger partial charge in [-0.3, -0.25) is 0 Å². The maximum Gasteiger partial charge on any atom is 0.163 e. The van der Waals surface area contributed by atoms with Gasteiger partial charge in [0.15, 0.2) is 11.5 Å². The first kappa shape index (κ1) is 17.1. The van der Waals surface area contributed by atoms with E-state index in [-0.39, 0.29) is 0 Å². The first-order chi connectivity index (χ1) is 11.2. The molecule has 2 aromatic rings. The fourth-order valence-electron chi connectivity index (χ4n) is 2.62.